The molecule has 4 heteroatoms. The van der Waals surface area contributed by atoms with Crippen LogP contribution in [-0.2, 0) is 12.8 Å². The number of hydrogen-bond donors (Lipinski definition) is 0. The van der Waals surface area contributed by atoms with Gasteiger partial charge in [-0.05, 0) is 101 Å². The monoisotopic (exact) mass is 657 g/mol. The number of rotatable bonds is 5. The van der Waals surface area contributed by atoms with Crippen LogP contribution in [0.2, 0.25) is 0 Å². The highest BCUT2D eigenvalue weighted by Crippen LogP contribution is 2.44. The maximum absolute atomic E-state index is 6.79. The van der Waals surface area contributed by atoms with Gasteiger partial charge in [0.05, 0.1) is 0 Å². The van der Waals surface area contributed by atoms with E-state index < -0.39 is 0 Å². The topological polar surface area (TPSA) is 51.8 Å². The number of fused-ring (bicyclic) bond motifs is 6. The van der Waals surface area contributed by atoms with Gasteiger partial charge in [0.1, 0.15) is 11.2 Å². The van der Waals surface area contributed by atoms with Crippen molar-refractivity contribution in [3.8, 4) is 45.0 Å². The van der Waals surface area contributed by atoms with Gasteiger partial charge in [-0.25, -0.2) is 15.0 Å². The van der Waals surface area contributed by atoms with Crippen LogP contribution in [0.3, 0.4) is 0 Å². The van der Waals surface area contributed by atoms with E-state index in [9.17, 15) is 0 Å². The van der Waals surface area contributed by atoms with Crippen molar-refractivity contribution in [2.45, 2.75) is 38.5 Å². The second kappa shape index (κ2) is 12.3. The van der Waals surface area contributed by atoms with Crippen LogP contribution in [0.5, 0.6) is 0 Å². The number of nitrogens with zero attached hydrogens (tertiary/aromatic N) is 3. The van der Waals surface area contributed by atoms with Gasteiger partial charge < -0.3 is 4.42 Å². The zero-order chi connectivity index (χ0) is 33.7. The second-order valence-corrected chi connectivity index (χ2v) is 13.6. The normalized spacial score (nSPS) is 14.9. The Bertz CT molecular complexity index is 2640. The van der Waals surface area contributed by atoms with Gasteiger partial charge in [-0.3, -0.25) is 0 Å². The number of aromatic nitrogens is 3. The molecular weight excluding hydrogens is 623 g/mol. The average molecular weight is 658 g/mol. The molecule has 3 aliphatic rings. The molecule has 0 aliphatic heterocycles. The maximum Gasteiger partial charge on any atom is 0.164 e. The first-order chi connectivity index (χ1) is 25.3. The van der Waals surface area contributed by atoms with Crippen LogP contribution < -0.4 is 0 Å². The highest BCUT2D eigenvalue weighted by molar-refractivity contribution is 6.15. The third-order valence-corrected chi connectivity index (χ3v) is 10.5. The van der Waals surface area contributed by atoms with Crippen LogP contribution in [0.15, 0.2) is 132 Å². The summed E-state index contributed by atoms with van der Waals surface area (Å²) in [5.41, 5.74) is 15.0. The molecule has 4 nitrogen and oxygen atoms in total. The van der Waals surface area contributed by atoms with Crippen molar-refractivity contribution in [1.82, 2.24) is 15.0 Å². The standard InChI is InChI=1S/C47H35N3O/c1-3-15-31(16-4-1)45-48-46(32-17-5-2-6-18-32)50-47(49-45)40-29-41-43-37(26-13-27-42(43)51-44(41)39-24-10-9-23-38(39)40)34-21-11-20-33(28-34)36-25-12-19-30-14-7-8-22-35(30)36/h1-5,7,9,11-17,19-21,23,25-29H,6,8,10,18,22,24H2. The van der Waals surface area contributed by atoms with Gasteiger partial charge in [-0.15, -0.1) is 0 Å². The first kappa shape index (κ1) is 29.8. The third kappa shape index (κ3) is 5.18. The summed E-state index contributed by atoms with van der Waals surface area (Å²) in [5.74, 6) is 2.12. The number of hydrogen-bond acceptors (Lipinski definition) is 4. The summed E-state index contributed by atoms with van der Waals surface area (Å²) in [6.07, 6.45) is 21.4. The molecule has 3 aliphatic carbocycles. The van der Waals surface area contributed by atoms with Crippen molar-refractivity contribution in [2.75, 3.05) is 0 Å². The molecule has 0 N–H and O–H groups in total. The number of furan rings is 1. The Kier molecular flexibility index (Phi) is 7.19. The molecule has 0 saturated heterocycles. The Labute approximate surface area is 297 Å². The minimum atomic E-state index is 0.688. The van der Waals surface area contributed by atoms with Crippen LogP contribution in [-0.4, -0.2) is 15.0 Å². The van der Waals surface area contributed by atoms with Crippen LogP contribution >= 0.6 is 0 Å². The number of allylic oxidation sites excluding steroid dienone is 6. The number of benzene rings is 5. The Balaban J connectivity index is 1.20. The summed E-state index contributed by atoms with van der Waals surface area (Å²) < 4.78 is 6.79. The van der Waals surface area contributed by atoms with Crippen molar-refractivity contribution < 1.29 is 4.42 Å². The molecule has 2 aromatic heterocycles. The van der Waals surface area contributed by atoms with E-state index in [0.29, 0.717) is 11.6 Å². The van der Waals surface area contributed by atoms with E-state index in [1.807, 2.05) is 18.2 Å². The summed E-state index contributed by atoms with van der Waals surface area (Å²) in [5, 5.41) is 2.22. The third-order valence-electron chi connectivity index (χ3n) is 10.5. The van der Waals surface area contributed by atoms with Gasteiger partial charge in [-0.1, -0.05) is 121 Å². The minimum Gasteiger partial charge on any atom is -0.456 e. The fourth-order valence-electron chi connectivity index (χ4n) is 8.08. The predicted octanol–water partition coefficient (Wildman–Crippen LogP) is 12.1. The summed E-state index contributed by atoms with van der Waals surface area (Å²) in [6, 6.07) is 34.6. The summed E-state index contributed by atoms with van der Waals surface area (Å²) >= 11 is 0. The van der Waals surface area contributed by atoms with E-state index in [2.05, 4.69) is 121 Å². The second-order valence-electron chi connectivity index (χ2n) is 13.6. The quantitative estimate of drug-likeness (QED) is 0.185. The van der Waals surface area contributed by atoms with Gasteiger partial charge in [0, 0.05) is 27.5 Å². The van der Waals surface area contributed by atoms with Crippen molar-refractivity contribution >= 4 is 39.7 Å². The first-order valence-electron chi connectivity index (χ1n) is 18.0. The van der Waals surface area contributed by atoms with Crippen molar-refractivity contribution in [3.63, 3.8) is 0 Å². The molecule has 7 aromatic rings. The number of aryl methyl sites for hydroxylation is 1. The van der Waals surface area contributed by atoms with Crippen molar-refractivity contribution in [2.24, 2.45) is 0 Å². The van der Waals surface area contributed by atoms with Crippen molar-refractivity contribution in [1.29, 1.82) is 0 Å². The Morgan fingerprint density at radius 3 is 2.14 bits per heavy atom. The molecule has 0 unspecified atom stereocenters. The van der Waals surface area contributed by atoms with E-state index in [1.54, 1.807) is 0 Å². The van der Waals surface area contributed by atoms with Gasteiger partial charge in [0.15, 0.2) is 17.5 Å². The van der Waals surface area contributed by atoms with Crippen LogP contribution in [0.25, 0.3) is 84.7 Å². The molecule has 0 bridgehead atoms. The predicted molar refractivity (Wildman–Crippen MR) is 210 cm³/mol. The van der Waals surface area contributed by atoms with Gasteiger partial charge >= 0.3 is 0 Å². The lowest BCUT2D eigenvalue weighted by Gasteiger charge is -2.17. The molecule has 51 heavy (non-hydrogen) atoms. The fraction of sp³-hybridized carbons (Fsp3) is 0.128. The molecule has 5 aromatic carbocycles. The van der Waals surface area contributed by atoms with E-state index in [-0.39, 0.29) is 0 Å². The lowest BCUT2D eigenvalue weighted by atomic mass is 9.87. The zero-order valence-electron chi connectivity index (χ0n) is 28.3. The van der Waals surface area contributed by atoms with Gasteiger partial charge in [0.25, 0.3) is 0 Å². The molecule has 2 heterocycles. The van der Waals surface area contributed by atoms with Crippen molar-refractivity contribution in [3.05, 3.63) is 156 Å². The van der Waals surface area contributed by atoms with Crippen LogP contribution in [0.4, 0.5) is 0 Å². The summed E-state index contributed by atoms with van der Waals surface area (Å²) in [4.78, 5) is 15.4. The molecule has 244 valence electrons. The highest BCUT2D eigenvalue weighted by atomic mass is 16.3. The Morgan fingerprint density at radius 1 is 0.529 bits per heavy atom. The van der Waals surface area contributed by atoms with E-state index >= 15 is 0 Å². The highest BCUT2D eigenvalue weighted by Gasteiger charge is 2.24. The fourth-order valence-corrected chi connectivity index (χ4v) is 8.08. The lowest BCUT2D eigenvalue weighted by Crippen LogP contribution is -2.06. The SMILES string of the molecule is C1=CCCC(c2nc(-c3ccccc3)nc(-c3cc4c(oc5cccc(-c6cccc(-c7cccc8c7CCC=C8)c6)c54)c4c3C=CCC4)n2)=C1. The smallest absolute Gasteiger partial charge is 0.164 e. The molecule has 0 atom stereocenters. The minimum absolute atomic E-state index is 0.688. The molecule has 0 fully saturated rings. The molecular formula is C47H35N3O. The van der Waals surface area contributed by atoms with E-state index in [0.717, 1.165) is 94.1 Å². The Hall–Kier alpha value is -6.13. The zero-order valence-corrected chi connectivity index (χ0v) is 28.3. The molecule has 0 radical (unpaired) electrons. The summed E-state index contributed by atoms with van der Waals surface area (Å²) in [6.45, 7) is 0. The van der Waals surface area contributed by atoms with Crippen LogP contribution in [0, 0.1) is 0 Å². The first-order valence-corrected chi connectivity index (χ1v) is 18.0. The average Bonchev–Trinajstić information content (AvgIpc) is 3.60. The van der Waals surface area contributed by atoms with Gasteiger partial charge in [-0.2, -0.15) is 0 Å². The largest absolute Gasteiger partial charge is 0.456 e. The molecule has 10 rings (SSSR count). The lowest BCUT2D eigenvalue weighted by molar-refractivity contribution is 0.661. The summed E-state index contributed by atoms with van der Waals surface area (Å²) in [7, 11) is 0. The molecule has 0 saturated carbocycles. The van der Waals surface area contributed by atoms with E-state index in [4.69, 9.17) is 19.4 Å². The van der Waals surface area contributed by atoms with Gasteiger partial charge in [0.2, 0.25) is 0 Å². The van der Waals surface area contributed by atoms with E-state index in [1.165, 1.54) is 33.4 Å². The molecule has 0 amide bonds. The maximum atomic E-state index is 6.79. The molecule has 0 spiro atoms. The van der Waals surface area contributed by atoms with Crippen LogP contribution in [0.1, 0.15) is 53.8 Å². The Morgan fingerprint density at radius 2 is 1.25 bits per heavy atom.